The summed E-state index contributed by atoms with van der Waals surface area (Å²) >= 11 is 0. The van der Waals surface area contributed by atoms with Gasteiger partial charge in [0, 0.05) is 50.5 Å². The number of hydrogen-bond donors (Lipinski definition) is 2. The summed E-state index contributed by atoms with van der Waals surface area (Å²) in [6.07, 6.45) is 1.57. The average molecular weight is 389 g/mol. The minimum atomic E-state index is 0.0147. The van der Waals surface area contributed by atoms with Crippen LogP contribution >= 0.6 is 0 Å². The van der Waals surface area contributed by atoms with Crippen LogP contribution in [0.2, 0.25) is 0 Å². The topological polar surface area (TPSA) is 64.7 Å². The molecule has 1 aromatic rings. The van der Waals surface area contributed by atoms with Crippen LogP contribution in [-0.2, 0) is 4.79 Å². The van der Waals surface area contributed by atoms with Gasteiger partial charge in [-0.3, -0.25) is 4.79 Å². The van der Waals surface area contributed by atoms with E-state index in [0.29, 0.717) is 18.9 Å². The SMILES string of the molecule is CCNC(=O)N1CCN(c2ccc(NC(=O)C[C@@H](C)CC(C)(C)C)cc2)CC1. The van der Waals surface area contributed by atoms with E-state index in [1.807, 2.05) is 36.1 Å². The lowest BCUT2D eigenvalue weighted by Gasteiger charge is -2.36. The Labute approximate surface area is 169 Å². The first-order valence-corrected chi connectivity index (χ1v) is 10.4. The summed E-state index contributed by atoms with van der Waals surface area (Å²) in [5.41, 5.74) is 2.19. The molecule has 2 N–H and O–H groups in total. The molecule has 0 unspecified atom stereocenters. The summed E-state index contributed by atoms with van der Waals surface area (Å²) in [4.78, 5) is 28.3. The molecule has 0 aromatic heterocycles. The van der Waals surface area contributed by atoms with E-state index in [1.54, 1.807) is 0 Å². The predicted molar refractivity (Wildman–Crippen MR) is 116 cm³/mol. The van der Waals surface area contributed by atoms with Gasteiger partial charge in [0.05, 0.1) is 0 Å². The highest BCUT2D eigenvalue weighted by atomic mass is 16.2. The Morgan fingerprint density at radius 1 is 1.07 bits per heavy atom. The number of anilines is 2. The van der Waals surface area contributed by atoms with Crippen molar-refractivity contribution in [2.24, 2.45) is 11.3 Å². The van der Waals surface area contributed by atoms with E-state index in [9.17, 15) is 9.59 Å². The van der Waals surface area contributed by atoms with E-state index in [4.69, 9.17) is 0 Å². The lowest BCUT2D eigenvalue weighted by molar-refractivity contribution is -0.117. The first-order chi connectivity index (χ1) is 13.2. The molecule has 6 nitrogen and oxygen atoms in total. The molecule has 2 rings (SSSR count). The third-order valence-corrected chi connectivity index (χ3v) is 4.91. The van der Waals surface area contributed by atoms with E-state index < -0.39 is 0 Å². The molecule has 28 heavy (non-hydrogen) atoms. The number of hydrogen-bond acceptors (Lipinski definition) is 3. The van der Waals surface area contributed by atoms with Gasteiger partial charge in [0.1, 0.15) is 0 Å². The zero-order valence-electron chi connectivity index (χ0n) is 18.0. The third kappa shape index (κ3) is 7.06. The van der Waals surface area contributed by atoms with E-state index in [2.05, 4.69) is 43.2 Å². The van der Waals surface area contributed by atoms with Gasteiger partial charge in [-0.25, -0.2) is 4.79 Å². The van der Waals surface area contributed by atoms with Crippen molar-refractivity contribution in [1.29, 1.82) is 0 Å². The smallest absolute Gasteiger partial charge is 0.317 e. The van der Waals surface area contributed by atoms with E-state index in [0.717, 1.165) is 44.0 Å². The number of nitrogens with zero attached hydrogens (tertiary/aromatic N) is 2. The molecule has 1 aliphatic rings. The van der Waals surface area contributed by atoms with Crippen molar-refractivity contribution in [3.8, 4) is 0 Å². The molecule has 1 atom stereocenters. The molecule has 1 fully saturated rings. The number of rotatable bonds is 6. The Hall–Kier alpha value is -2.24. The average Bonchev–Trinajstić information content (AvgIpc) is 2.61. The fourth-order valence-electron chi connectivity index (χ4n) is 3.83. The van der Waals surface area contributed by atoms with Gasteiger partial charge in [0.2, 0.25) is 5.91 Å². The second-order valence-electron chi connectivity index (χ2n) is 8.98. The van der Waals surface area contributed by atoms with Gasteiger partial charge in [0.15, 0.2) is 0 Å². The fraction of sp³-hybridized carbons (Fsp3) is 0.636. The molecule has 6 heteroatoms. The quantitative estimate of drug-likeness (QED) is 0.776. The van der Waals surface area contributed by atoms with Crippen LogP contribution in [0.15, 0.2) is 24.3 Å². The molecule has 1 aliphatic heterocycles. The molecule has 156 valence electrons. The summed E-state index contributed by atoms with van der Waals surface area (Å²) in [5.74, 6) is 0.431. The van der Waals surface area contributed by atoms with E-state index >= 15 is 0 Å². The number of carbonyl (C=O) groups is 2. The molecular weight excluding hydrogens is 352 g/mol. The monoisotopic (exact) mass is 388 g/mol. The molecule has 1 saturated heterocycles. The van der Waals surface area contributed by atoms with Crippen molar-refractivity contribution < 1.29 is 9.59 Å². The Balaban J connectivity index is 1.82. The van der Waals surface area contributed by atoms with Gasteiger partial charge in [0.25, 0.3) is 0 Å². The van der Waals surface area contributed by atoms with Crippen LogP contribution in [0.1, 0.15) is 47.5 Å². The zero-order valence-corrected chi connectivity index (χ0v) is 18.0. The number of urea groups is 1. The molecule has 0 aliphatic carbocycles. The Morgan fingerprint density at radius 3 is 2.21 bits per heavy atom. The van der Waals surface area contributed by atoms with Crippen molar-refractivity contribution in [1.82, 2.24) is 10.2 Å². The van der Waals surface area contributed by atoms with Crippen LogP contribution in [0, 0.1) is 11.3 Å². The lowest BCUT2D eigenvalue weighted by Crippen LogP contribution is -2.51. The number of amides is 3. The van der Waals surface area contributed by atoms with Crippen LogP contribution in [0.5, 0.6) is 0 Å². The van der Waals surface area contributed by atoms with Crippen LogP contribution in [-0.4, -0.2) is 49.6 Å². The second kappa shape index (κ2) is 9.80. The number of carbonyl (C=O) groups excluding carboxylic acids is 2. The first-order valence-electron chi connectivity index (χ1n) is 10.4. The highest BCUT2D eigenvalue weighted by Gasteiger charge is 2.21. The molecule has 0 bridgehead atoms. The van der Waals surface area contributed by atoms with Crippen LogP contribution in [0.25, 0.3) is 0 Å². The minimum absolute atomic E-state index is 0.0147. The lowest BCUT2D eigenvalue weighted by atomic mass is 9.84. The minimum Gasteiger partial charge on any atom is -0.368 e. The third-order valence-electron chi connectivity index (χ3n) is 4.91. The van der Waals surface area contributed by atoms with Crippen molar-refractivity contribution in [3.63, 3.8) is 0 Å². The van der Waals surface area contributed by atoms with Gasteiger partial charge < -0.3 is 20.4 Å². The zero-order chi connectivity index (χ0) is 20.7. The van der Waals surface area contributed by atoms with Gasteiger partial charge in [-0.05, 0) is 48.9 Å². The molecule has 0 saturated carbocycles. The van der Waals surface area contributed by atoms with Crippen molar-refractivity contribution >= 4 is 23.3 Å². The standard InChI is InChI=1S/C22H36N4O2/c1-6-23-21(28)26-13-11-25(12-14-26)19-9-7-18(8-10-19)24-20(27)15-17(2)16-22(3,4)5/h7-10,17H,6,11-16H2,1-5H3,(H,23,28)(H,24,27)/t17-/m1/s1. The predicted octanol–water partition coefficient (Wildman–Crippen LogP) is 3.94. The summed E-state index contributed by atoms with van der Waals surface area (Å²) in [5, 5.41) is 5.86. The summed E-state index contributed by atoms with van der Waals surface area (Å²) < 4.78 is 0. The molecular formula is C22H36N4O2. The molecule has 1 aromatic carbocycles. The Bertz CT molecular complexity index is 643. The van der Waals surface area contributed by atoms with Crippen molar-refractivity contribution in [2.75, 3.05) is 42.9 Å². The molecule has 1 heterocycles. The van der Waals surface area contributed by atoms with Crippen molar-refractivity contribution in [2.45, 2.75) is 47.5 Å². The molecule has 0 radical (unpaired) electrons. The summed E-state index contributed by atoms with van der Waals surface area (Å²) in [6, 6.07) is 8.00. The van der Waals surface area contributed by atoms with Crippen LogP contribution < -0.4 is 15.5 Å². The fourth-order valence-corrected chi connectivity index (χ4v) is 3.83. The maximum atomic E-state index is 12.3. The Morgan fingerprint density at radius 2 is 1.68 bits per heavy atom. The van der Waals surface area contributed by atoms with Crippen LogP contribution in [0.3, 0.4) is 0 Å². The van der Waals surface area contributed by atoms with Gasteiger partial charge in [-0.1, -0.05) is 27.7 Å². The maximum absolute atomic E-state index is 12.3. The van der Waals surface area contributed by atoms with Crippen molar-refractivity contribution in [3.05, 3.63) is 24.3 Å². The Kier molecular flexibility index (Phi) is 7.72. The number of benzene rings is 1. The number of nitrogens with one attached hydrogen (secondary N) is 2. The molecule has 0 spiro atoms. The normalized spacial score (nSPS) is 15.9. The summed E-state index contributed by atoms with van der Waals surface area (Å²) in [7, 11) is 0. The first kappa shape index (κ1) is 22.1. The highest BCUT2D eigenvalue weighted by molar-refractivity contribution is 5.91. The van der Waals surface area contributed by atoms with Gasteiger partial charge in [-0.15, -0.1) is 0 Å². The second-order valence-corrected chi connectivity index (χ2v) is 8.98. The maximum Gasteiger partial charge on any atom is 0.317 e. The van der Waals surface area contributed by atoms with Gasteiger partial charge >= 0.3 is 6.03 Å². The largest absolute Gasteiger partial charge is 0.368 e. The highest BCUT2D eigenvalue weighted by Crippen LogP contribution is 2.26. The number of piperazine rings is 1. The molecule has 3 amide bonds. The summed E-state index contributed by atoms with van der Waals surface area (Å²) in [6.45, 7) is 14.4. The van der Waals surface area contributed by atoms with Gasteiger partial charge in [-0.2, -0.15) is 0 Å². The van der Waals surface area contributed by atoms with E-state index in [-0.39, 0.29) is 17.4 Å². The van der Waals surface area contributed by atoms with Crippen LogP contribution in [0.4, 0.5) is 16.2 Å². The van der Waals surface area contributed by atoms with E-state index in [1.165, 1.54) is 0 Å².